The summed E-state index contributed by atoms with van der Waals surface area (Å²) in [5.41, 5.74) is 8.99. The van der Waals surface area contributed by atoms with Gasteiger partial charge in [-0.15, -0.1) is 0 Å². The molecule has 6 nitrogen and oxygen atoms in total. The molecule has 0 saturated carbocycles. The molecule has 0 radical (unpaired) electrons. The predicted octanol–water partition coefficient (Wildman–Crippen LogP) is 1.85. The Morgan fingerprint density at radius 1 is 1.17 bits per heavy atom. The number of aromatic nitrogens is 1. The van der Waals surface area contributed by atoms with Crippen molar-refractivity contribution in [1.82, 2.24) is 20.7 Å². The van der Waals surface area contributed by atoms with E-state index in [0.29, 0.717) is 23.8 Å². The SMILES string of the molecule is COCCNC(=S)NNC(=O)c1cccc(-n2c(C)ccc2C)c1. The van der Waals surface area contributed by atoms with E-state index >= 15 is 0 Å². The van der Waals surface area contributed by atoms with Crippen LogP contribution in [0.2, 0.25) is 0 Å². The Morgan fingerprint density at radius 2 is 1.88 bits per heavy atom. The number of hydrogen-bond acceptors (Lipinski definition) is 3. The van der Waals surface area contributed by atoms with Gasteiger partial charge in [0.2, 0.25) is 0 Å². The van der Waals surface area contributed by atoms with Gasteiger partial charge in [-0.2, -0.15) is 0 Å². The van der Waals surface area contributed by atoms with Crippen molar-refractivity contribution in [3.05, 3.63) is 53.3 Å². The normalized spacial score (nSPS) is 10.3. The molecule has 7 heteroatoms. The summed E-state index contributed by atoms with van der Waals surface area (Å²) in [6.45, 7) is 5.17. The second-order valence-electron chi connectivity index (χ2n) is 5.33. The average molecular weight is 346 g/mol. The molecule has 0 aliphatic heterocycles. The molecule has 128 valence electrons. The monoisotopic (exact) mass is 346 g/mol. The van der Waals surface area contributed by atoms with Gasteiger partial charge in [0, 0.05) is 36.3 Å². The van der Waals surface area contributed by atoms with Gasteiger partial charge in [0.25, 0.3) is 5.91 Å². The van der Waals surface area contributed by atoms with Gasteiger partial charge in [0.15, 0.2) is 5.11 Å². The second-order valence-corrected chi connectivity index (χ2v) is 5.74. The van der Waals surface area contributed by atoms with E-state index in [2.05, 4.69) is 20.7 Å². The summed E-state index contributed by atoms with van der Waals surface area (Å²) < 4.78 is 7.01. The van der Waals surface area contributed by atoms with Crippen LogP contribution in [0.5, 0.6) is 0 Å². The number of hydrazine groups is 1. The van der Waals surface area contributed by atoms with Gasteiger partial charge in [-0.3, -0.25) is 15.6 Å². The molecule has 0 saturated heterocycles. The standard InChI is InChI=1S/C17H22N4O2S/c1-12-7-8-13(2)21(12)15-6-4-5-14(11-15)16(22)19-20-17(24)18-9-10-23-3/h4-8,11H,9-10H2,1-3H3,(H,19,22)(H2,18,20,24). The van der Waals surface area contributed by atoms with Crippen LogP contribution < -0.4 is 16.2 Å². The van der Waals surface area contributed by atoms with Crippen LogP contribution in [0.4, 0.5) is 0 Å². The first-order valence-corrected chi connectivity index (χ1v) is 8.02. The molecule has 0 unspecified atom stereocenters. The first-order valence-electron chi connectivity index (χ1n) is 7.61. The van der Waals surface area contributed by atoms with Gasteiger partial charge in [-0.1, -0.05) is 6.07 Å². The number of nitrogens with zero attached hydrogens (tertiary/aromatic N) is 1. The quantitative estimate of drug-likeness (QED) is 0.438. The summed E-state index contributed by atoms with van der Waals surface area (Å²) in [6, 6.07) is 11.5. The highest BCUT2D eigenvalue weighted by molar-refractivity contribution is 7.80. The van der Waals surface area contributed by atoms with Crippen molar-refractivity contribution in [3.8, 4) is 5.69 Å². The second kappa shape index (κ2) is 8.47. The van der Waals surface area contributed by atoms with E-state index < -0.39 is 0 Å². The van der Waals surface area contributed by atoms with Crippen molar-refractivity contribution in [2.45, 2.75) is 13.8 Å². The molecule has 0 spiro atoms. The third-order valence-electron chi connectivity index (χ3n) is 3.52. The number of thiocarbonyl (C=S) groups is 1. The van der Waals surface area contributed by atoms with Gasteiger partial charge < -0.3 is 14.6 Å². The van der Waals surface area contributed by atoms with Crippen LogP contribution in [0.15, 0.2) is 36.4 Å². The maximum Gasteiger partial charge on any atom is 0.269 e. The lowest BCUT2D eigenvalue weighted by molar-refractivity contribution is 0.0943. The zero-order valence-corrected chi connectivity index (χ0v) is 14.9. The molecule has 2 rings (SSSR count). The lowest BCUT2D eigenvalue weighted by Gasteiger charge is -2.13. The van der Waals surface area contributed by atoms with Gasteiger partial charge in [0.05, 0.1) is 6.61 Å². The Hall–Kier alpha value is -2.38. The van der Waals surface area contributed by atoms with Crippen molar-refractivity contribution >= 4 is 23.2 Å². The van der Waals surface area contributed by atoms with Crippen molar-refractivity contribution in [3.63, 3.8) is 0 Å². The first kappa shape index (κ1) is 18.0. The number of nitrogens with one attached hydrogen (secondary N) is 3. The van der Waals surface area contributed by atoms with E-state index in [-0.39, 0.29) is 5.91 Å². The van der Waals surface area contributed by atoms with Crippen LogP contribution >= 0.6 is 12.2 Å². The van der Waals surface area contributed by atoms with Gasteiger partial charge >= 0.3 is 0 Å². The van der Waals surface area contributed by atoms with E-state index in [1.54, 1.807) is 13.2 Å². The van der Waals surface area contributed by atoms with Crippen molar-refractivity contribution in [2.24, 2.45) is 0 Å². The third kappa shape index (κ3) is 4.56. The molecular weight excluding hydrogens is 324 g/mol. The maximum absolute atomic E-state index is 12.3. The predicted molar refractivity (Wildman–Crippen MR) is 98.3 cm³/mol. The summed E-state index contributed by atoms with van der Waals surface area (Å²) >= 11 is 5.06. The fourth-order valence-electron chi connectivity index (χ4n) is 2.36. The number of aryl methyl sites for hydroxylation is 2. The van der Waals surface area contributed by atoms with E-state index in [1.807, 2.05) is 44.2 Å². The highest BCUT2D eigenvalue weighted by Crippen LogP contribution is 2.17. The summed E-state index contributed by atoms with van der Waals surface area (Å²) in [5, 5.41) is 3.26. The molecule has 0 fully saturated rings. The van der Waals surface area contributed by atoms with E-state index in [1.165, 1.54) is 0 Å². The number of benzene rings is 1. The van der Waals surface area contributed by atoms with E-state index in [9.17, 15) is 4.79 Å². The number of rotatable bonds is 5. The topological polar surface area (TPSA) is 67.3 Å². The molecule has 3 N–H and O–H groups in total. The third-order valence-corrected chi connectivity index (χ3v) is 3.77. The van der Waals surface area contributed by atoms with Gasteiger partial charge in [-0.05, 0) is 56.4 Å². The number of carbonyl (C=O) groups excluding carboxylic acids is 1. The maximum atomic E-state index is 12.3. The minimum Gasteiger partial charge on any atom is -0.383 e. The molecule has 2 aromatic rings. The number of ether oxygens (including phenoxy) is 1. The molecule has 1 aromatic carbocycles. The molecule has 0 aliphatic rings. The lowest BCUT2D eigenvalue weighted by Crippen LogP contribution is -2.47. The molecule has 0 bridgehead atoms. The molecule has 1 amide bonds. The Labute approximate surface area is 147 Å². The first-order chi connectivity index (χ1) is 11.5. The summed E-state index contributed by atoms with van der Waals surface area (Å²) in [5.74, 6) is -0.254. The highest BCUT2D eigenvalue weighted by atomic mass is 32.1. The number of hydrogen-bond donors (Lipinski definition) is 3. The summed E-state index contributed by atoms with van der Waals surface area (Å²) in [4.78, 5) is 12.3. The van der Waals surface area contributed by atoms with Crippen LogP contribution in [-0.2, 0) is 4.74 Å². The number of carbonyl (C=O) groups is 1. The summed E-state index contributed by atoms with van der Waals surface area (Å²) in [6.07, 6.45) is 0. The molecule has 24 heavy (non-hydrogen) atoms. The minimum atomic E-state index is -0.254. The molecule has 1 heterocycles. The van der Waals surface area contributed by atoms with Crippen LogP contribution in [0.1, 0.15) is 21.7 Å². The van der Waals surface area contributed by atoms with Crippen molar-refractivity contribution in [2.75, 3.05) is 20.3 Å². The van der Waals surface area contributed by atoms with Crippen LogP contribution in [-0.4, -0.2) is 35.8 Å². The van der Waals surface area contributed by atoms with Gasteiger partial charge in [-0.25, -0.2) is 0 Å². The van der Waals surface area contributed by atoms with E-state index in [4.69, 9.17) is 17.0 Å². The van der Waals surface area contributed by atoms with Crippen LogP contribution in [0.3, 0.4) is 0 Å². The highest BCUT2D eigenvalue weighted by Gasteiger charge is 2.09. The van der Waals surface area contributed by atoms with E-state index in [0.717, 1.165) is 17.1 Å². The molecule has 1 aromatic heterocycles. The van der Waals surface area contributed by atoms with Gasteiger partial charge in [0.1, 0.15) is 0 Å². The zero-order valence-electron chi connectivity index (χ0n) is 14.1. The minimum absolute atomic E-state index is 0.254. The average Bonchev–Trinajstić information content (AvgIpc) is 2.91. The molecular formula is C17H22N4O2S. The Bertz CT molecular complexity index is 708. The van der Waals surface area contributed by atoms with Crippen molar-refractivity contribution in [1.29, 1.82) is 0 Å². The largest absolute Gasteiger partial charge is 0.383 e. The molecule has 0 aliphatic carbocycles. The zero-order chi connectivity index (χ0) is 17.5. The fourth-order valence-corrected chi connectivity index (χ4v) is 2.51. The fraction of sp³-hybridized carbons (Fsp3) is 0.294. The van der Waals surface area contributed by atoms with Crippen LogP contribution in [0, 0.1) is 13.8 Å². The van der Waals surface area contributed by atoms with Crippen LogP contribution in [0.25, 0.3) is 5.69 Å². The summed E-state index contributed by atoms with van der Waals surface area (Å²) in [7, 11) is 1.61. The lowest BCUT2D eigenvalue weighted by atomic mass is 10.2. The number of amides is 1. The number of methoxy groups -OCH3 is 1. The molecule has 0 atom stereocenters. The Balaban J connectivity index is 2.01. The van der Waals surface area contributed by atoms with Crippen molar-refractivity contribution < 1.29 is 9.53 Å². The Kier molecular flexibility index (Phi) is 6.34. The Morgan fingerprint density at radius 3 is 2.54 bits per heavy atom. The smallest absolute Gasteiger partial charge is 0.269 e.